The largest absolute Gasteiger partial charge is 0.241 e. The van der Waals surface area contributed by atoms with Gasteiger partial charge in [-0.2, -0.15) is 0 Å². The van der Waals surface area contributed by atoms with Crippen LogP contribution in [0.15, 0.2) is 14.7 Å². The van der Waals surface area contributed by atoms with Crippen LogP contribution in [0.25, 0.3) is 0 Å². The van der Waals surface area contributed by atoms with Crippen LogP contribution in [-0.2, 0) is 10.0 Å². The van der Waals surface area contributed by atoms with Crippen LogP contribution < -0.4 is 4.72 Å². The van der Waals surface area contributed by atoms with E-state index >= 15 is 0 Å². The third-order valence-electron chi connectivity index (χ3n) is 3.13. The van der Waals surface area contributed by atoms with Crippen LogP contribution >= 0.6 is 27.3 Å². The van der Waals surface area contributed by atoms with Gasteiger partial charge in [0.05, 0.1) is 8.68 Å². The number of sulfonamides is 1. The van der Waals surface area contributed by atoms with E-state index in [1.807, 2.05) is 6.92 Å². The Kier molecular flexibility index (Phi) is 7.72. The molecule has 3 nitrogen and oxygen atoms in total. The first-order chi connectivity index (χ1) is 9.33. The lowest BCUT2D eigenvalue weighted by atomic mass is 10.0. The summed E-state index contributed by atoms with van der Waals surface area (Å²) in [6.07, 6.45) is 5.67. The standard InChI is InChI=1S/C14H24BrNO2S2/c1-11(2)8-6-4-5-7-9-16-20(17,18)13-10-14(15)19-12(13)3/h10-11,16H,4-9H2,1-3H3. The minimum absolute atomic E-state index is 0.397. The molecule has 0 aliphatic carbocycles. The van der Waals surface area contributed by atoms with E-state index in [0.29, 0.717) is 11.4 Å². The van der Waals surface area contributed by atoms with E-state index < -0.39 is 10.0 Å². The molecule has 0 saturated carbocycles. The van der Waals surface area contributed by atoms with Gasteiger partial charge < -0.3 is 0 Å². The highest BCUT2D eigenvalue weighted by Crippen LogP contribution is 2.29. The number of hydrogen-bond acceptors (Lipinski definition) is 3. The van der Waals surface area contributed by atoms with Crippen LogP contribution in [0, 0.1) is 12.8 Å². The van der Waals surface area contributed by atoms with Crippen molar-refractivity contribution in [2.75, 3.05) is 6.54 Å². The summed E-state index contributed by atoms with van der Waals surface area (Å²) >= 11 is 4.77. The molecular formula is C14H24BrNO2S2. The molecular weight excluding hydrogens is 358 g/mol. The number of unbranched alkanes of at least 4 members (excludes halogenated alkanes) is 3. The molecule has 0 amide bonds. The Morgan fingerprint density at radius 3 is 2.45 bits per heavy atom. The molecule has 1 N–H and O–H groups in total. The fourth-order valence-corrected chi connectivity index (χ4v) is 5.50. The summed E-state index contributed by atoms with van der Waals surface area (Å²) in [7, 11) is -3.35. The van der Waals surface area contributed by atoms with Crippen molar-refractivity contribution in [1.29, 1.82) is 0 Å². The summed E-state index contributed by atoms with van der Waals surface area (Å²) in [6, 6.07) is 1.67. The van der Waals surface area contributed by atoms with E-state index in [9.17, 15) is 8.42 Å². The molecule has 0 aromatic carbocycles. The number of halogens is 1. The van der Waals surface area contributed by atoms with Gasteiger partial charge in [0.15, 0.2) is 0 Å². The van der Waals surface area contributed by atoms with Crippen LogP contribution in [0.5, 0.6) is 0 Å². The van der Waals surface area contributed by atoms with E-state index in [1.54, 1.807) is 6.07 Å². The second-order valence-corrected chi connectivity index (χ2v) is 9.84. The minimum atomic E-state index is -3.35. The average molecular weight is 382 g/mol. The fourth-order valence-electron chi connectivity index (χ4n) is 2.01. The Bertz CT molecular complexity index is 509. The lowest BCUT2D eigenvalue weighted by Gasteiger charge is -2.07. The molecule has 116 valence electrons. The molecule has 0 fully saturated rings. The lowest BCUT2D eigenvalue weighted by molar-refractivity contribution is 0.517. The second kappa shape index (κ2) is 8.51. The maximum atomic E-state index is 12.1. The van der Waals surface area contributed by atoms with Gasteiger partial charge in [0, 0.05) is 11.4 Å². The Morgan fingerprint density at radius 1 is 1.25 bits per heavy atom. The maximum absolute atomic E-state index is 12.1. The zero-order valence-corrected chi connectivity index (χ0v) is 15.6. The maximum Gasteiger partial charge on any atom is 0.241 e. The van der Waals surface area contributed by atoms with Crippen molar-refractivity contribution >= 4 is 37.3 Å². The van der Waals surface area contributed by atoms with E-state index in [-0.39, 0.29) is 0 Å². The van der Waals surface area contributed by atoms with Crippen molar-refractivity contribution in [3.05, 3.63) is 14.7 Å². The molecule has 6 heteroatoms. The zero-order valence-electron chi connectivity index (χ0n) is 12.4. The number of aryl methyl sites for hydroxylation is 1. The smallest absolute Gasteiger partial charge is 0.211 e. The van der Waals surface area contributed by atoms with Gasteiger partial charge in [-0.15, -0.1) is 11.3 Å². The predicted molar refractivity (Wildman–Crippen MR) is 89.9 cm³/mol. The first kappa shape index (κ1) is 18.1. The van der Waals surface area contributed by atoms with E-state index in [0.717, 1.165) is 27.4 Å². The summed E-state index contributed by atoms with van der Waals surface area (Å²) < 4.78 is 27.8. The minimum Gasteiger partial charge on any atom is -0.211 e. The van der Waals surface area contributed by atoms with Crippen molar-refractivity contribution in [3.8, 4) is 0 Å². The van der Waals surface area contributed by atoms with Gasteiger partial charge in [0.2, 0.25) is 10.0 Å². The predicted octanol–water partition coefficient (Wildman–Crippen LogP) is 4.70. The van der Waals surface area contributed by atoms with E-state index in [1.165, 1.54) is 30.6 Å². The highest BCUT2D eigenvalue weighted by atomic mass is 79.9. The first-order valence-electron chi connectivity index (χ1n) is 7.08. The number of rotatable bonds is 9. The fraction of sp³-hybridized carbons (Fsp3) is 0.714. The van der Waals surface area contributed by atoms with E-state index in [2.05, 4.69) is 34.5 Å². The van der Waals surface area contributed by atoms with Crippen molar-refractivity contribution < 1.29 is 8.42 Å². The lowest BCUT2D eigenvalue weighted by Crippen LogP contribution is -2.24. The van der Waals surface area contributed by atoms with Crippen LogP contribution in [0.3, 0.4) is 0 Å². The SMILES string of the molecule is Cc1sc(Br)cc1S(=O)(=O)NCCCCCCC(C)C. The molecule has 0 aliphatic heterocycles. The van der Waals surface area contributed by atoms with Crippen LogP contribution in [0.1, 0.15) is 50.8 Å². The molecule has 1 heterocycles. The van der Waals surface area contributed by atoms with Gasteiger partial charge in [-0.3, -0.25) is 0 Å². The number of thiophene rings is 1. The van der Waals surface area contributed by atoms with Gasteiger partial charge in [0.25, 0.3) is 0 Å². The van der Waals surface area contributed by atoms with Crippen LogP contribution in [0.2, 0.25) is 0 Å². The summed E-state index contributed by atoms with van der Waals surface area (Å²) in [5.74, 6) is 0.758. The second-order valence-electron chi connectivity index (χ2n) is 5.47. The first-order valence-corrected chi connectivity index (χ1v) is 10.2. The monoisotopic (exact) mass is 381 g/mol. The molecule has 1 rings (SSSR count). The van der Waals surface area contributed by atoms with E-state index in [4.69, 9.17) is 0 Å². The van der Waals surface area contributed by atoms with Crippen molar-refractivity contribution in [3.63, 3.8) is 0 Å². The van der Waals surface area contributed by atoms with Gasteiger partial charge >= 0.3 is 0 Å². The van der Waals surface area contributed by atoms with Gasteiger partial charge in [-0.25, -0.2) is 13.1 Å². The molecule has 0 unspecified atom stereocenters. The Balaban J connectivity index is 2.29. The molecule has 0 radical (unpaired) electrons. The van der Waals surface area contributed by atoms with Crippen molar-refractivity contribution in [2.24, 2.45) is 5.92 Å². The number of hydrogen-bond donors (Lipinski definition) is 1. The average Bonchev–Trinajstić information content (AvgIpc) is 2.67. The zero-order chi connectivity index (χ0) is 15.2. The molecule has 0 aliphatic rings. The summed E-state index contributed by atoms with van der Waals surface area (Å²) in [6.45, 7) is 6.82. The Morgan fingerprint density at radius 2 is 1.90 bits per heavy atom. The normalized spacial score (nSPS) is 12.2. The molecule has 0 saturated heterocycles. The molecule has 1 aromatic heterocycles. The summed E-state index contributed by atoms with van der Waals surface area (Å²) in [5, 5.41) is 0. The highest BCUT2D eigenvalue weighted by molar-refractivity contribution is 9.11. The third-order valence-corrected chi connectivity index (χ3v) is 6.40. The third kappa shape index (κ3) is 6.24. The van der Waals surface area contributed by atoms with Crippen molar-refractivity contribution in [1.82, 2.24) is 4.72 Å². The highest BCUT2D eigenvalue weighted by Gasteiger charge is 2.18. The van der Waals surface area contributed by atoms with Crippen LogP contribution in [-0.4, -0.2) is 15.0 Å². The molecule has 0 bridgehead atoms. The van der Waals surface area contributed by atoms with Gasteiger partial charge in [0.1, 0.15) is 0 Å². The van der Waals surface area contributed by atoms with Gasteiger partial charge in [-0.1, -0.05) is 39.5 Å². The van der Waals surface area contributed by atoms with Crippen LogP contribution in [0.4, 0.5) is 0 Å². The Hall–Kier alpha value is 0.0900. The molecule has 0 atom stereocenters. The Labute approximate surface area is 135 Å². The quantitative estimate of drug-likeness (QED) is 0.629. The molecule has 20 heavy (non-hydrogen) atoms. The molecule has 0 spiro atoms. The van der Waals surface area contributed by atoms with Gasteiger partial charge in [-0.05, 0) is 41.3 Å². The number of nitrogens with one attached hydrogen (secondary N) is 1. The topological polar surface area (TPSA) is 46.2 Å². The van der Waals surface area contributed by atoms with Crippen molar-refractivity contribution in [2.45, 2.75) is 57.8 Å². The summed E-state index contributed by atoms with van der Waals surface area (Å²) in [4.78, 5) is 1.22. The molecule has 1 aromatic rings. The summed E-state index contributed by atoms with van der Waals surface area (Å²) in [5.41, 5.74) is 0.